The molecule has 128 valence electrons. The van der Waals surface area contributed by atoms with Crippen molar-refractivity contribution in [1.29, 1.82) is 0 Å². The SMILES string of the molecule is CCCN(C(=O)c1csc(Cc2ccc(F)cc2)n1)C1CCNC1. The largest absolute Gasteiger partial charge is 0.333 e. The second kappa shape index (κ2) is 7.85. The number of thiazole rings is 1. The molecule has 1 aliphatic rings. The Morgan fingerprint density at radius 2 is 2.21 bits per heavy atom. The third kappa shape index (κ3) is 3.99. The molecule has 0 bridgehead atoms. The van der Waals surface area contributed by atoms with Crippen molar-refractivity contribution in [2.45, 2.75) is 32.2 Å². The molecule has 0 saturated carbocycles. The van der Waals surface area contributed by atoms with Gasteiger partial charge in [-0.3, -0.25) is 4.79 Å². The van der Waals surface area contributed by atoms with Gasteiger partial charge in [0.05, 0.1) is 5.01 Å². The highest BCUT2D eigenvalue weighted by Gasteiger charge is 2.27. The molecular formula is C18H22FN3OS. The van der Waals surface area contributed by atoms with Crippen LogP contribution in [0.25, 0.3) is 0 Å². The van der Waals surface area contributed by atoms with E-state index in [2.05, 4.69) is 17.2 Å². The van der Waals surface area contributed by atoms with E-state index in [0.29, 0.717) is 12.1 Å². The summed E-state index contributed by atoms with van der Waals surface area (Å²) in [6, 6.07) is 6.67. The lowest BCUT2D eigenvalue weighted by atomic mass is 10.1. The quantitative estimate of drug-likeness (QED) is 0.873. The van der Waals surface area contributed by atoms with Crippen LogP contribution in [0.1, 0.15) is 40.8 Å². The van der Waals surface area contributed by atoms with Gasteiger partial charge >= 0.3 is 0 Å². The summed E-state index contributed by atoms with van der Waals surface area (Å²) < 4.78 is 13.0. The van der Waals surface area contributed by atoms with Gasteiger partial charge in [0, 0.05) is 30.9 Å². The van der Waals surface area contributed by atoms with Crippen molar-refractivity contribution in [3.05, 3.63) is 51.7 Å². The van der Waals surface area contributed by atoms with Crippen LogP contribution in [-0.4, -0.2) is 41.5 Å². The van der Waals surface area contributed by atoms with Crippen LogP contribution < -0.4 is 5.32 Å². The van der Waals surface area contributed by atoms with Gasteiger partial charge in [0.25, 0.3) is 5.91 Å². The number of nitrogens with zero attached hydrogens (tertiary/aromatic N) is 2. The van der Waals surface area contributed by atoms with Crippen molar-refractivity contribution < 1.29 is 9.18 Å². The Morgan fingerprint density at radius 1 is 1.42 bits per heavy atom. The normalized spacial score (nSPS) is 17.2. The van der Waals surface area contributed by atoms with Crippen LogP contribution in [-0.2, 0) is 6.42 Å². The van der Waals surface area contributed by atoms with Crippen LogP contribution in [0.5, 0.6) is 0 Å². The molecule has 6 heteroatoms. The van der Waals surface area contributed by atoms with E-state index >= 15 is 0 Å². The van der Waals surface area contributed by atoms with Crippen LogP contribution >= 0.6 is 11.3 Å². The smallest absolute Gasteiger partial charge is 0.273 e. The van der Waals surface area contributed by atoms with E-state index in [4.69, 9.17) is 0 Å². The number of halogens is 1. The molecule has 0 radical (unpaired) electrons. The van der Waals surface area contributed by atoms with Crippen LogP contribution in [0.15, 0.2) is 29.6 Å². The molecule has 1 N–H and O–H groups in total. The minimum absolute atomic E-state index is 0.0205. The summed E-state index contributed by atoms with van der Waals surface area (Å²) in [5.41, 5.74) is 1.52. The van der Waals surface area contributed by atoms with Gasteiger partial charge in [0.1, 0.15) is 11.5 Å². The predicted octanol–water partition coefficient (Wildman–Crippen LogP) is 3.09. The van der Waals surface area contributed by atoms with E-state index in [-0.39, 0.29) is 17.8 Å². The predicted molar refractivity (Wildman–Crippen MR) is 93.9 cm³/mol. The average molecular weight is 347 g/mol. The summed E-state index contributed by atoms with van der Waals surface area (Å²) in [5.74, 6) is -0.221. The Labute approximate surface area is 145 Å². The van der Waals surface area contributed by atoms with Crippen LogP contribution in [0, 0.1) is 5.82 Å². The molecule has 1 aliphatic heterocycles. The lowest BCUT2D eigenvalue weighted by molar-refractivity contribution is 0.0687. The molecule has 0 aliphatic carbocycles. The van der Waals surface area contributed by atoms with E-state index in [0.717, 1.165) is 43.0 Å². The first-order chi connectivity index (χ1) is 11.7. The Kier molecular flexibility index (Phi) is 5.58. The number of aromatic nitrogens is 1. The minimum atomic E-state index is -0.242. The van der Waals surface area contributed by atoms with E-state index in [1.165, 1.54) is 23.5 Å². The second-order valence-electron chi connectivity index (χ2n) is 6.07. The van der Waals surface area contributed by atoms with E-state index in [1.54, 1.807) is 12.1 Å². The summed E-state index contributed by atoms with van der Waals surface area (Å²) in [7, 11) is 0. The Bertz CT molecular complexity index is 680. The summed E-state index contributed by atoms with van der Waals surface area (Å²) in [6.07, 6.45) is 2.56. The standard InChI is InChI=1S/C18H22FN3OS/c1-2-9-22(15-7-8-20-11-15)18(23)16-12-24-17(21-16)10-13-3-5-14(19)6-4-13/h3-6,12,15,20H,2,7-11H2,1H3. The van der Waals surface area contributed by atoms with Crippen LogP contribution in [0.2, 0.25) is 0 Å². The van der Waals surface area contributed by atoms with Crippen LogP contribution in [0.3, 0.4) is 0 Å². The van der Waals surface area contributed by atoms with Crippen molar-refractivity contribution in [3.63, 3.8) is 0 Å². The topological polar surface area (TPSA) is 45.2 Å². The summed E-state index contributed by atoms with van der Waals surface area (Å²) >= 11 is 1.49. The molecular weight excluding hydrogens is 325 g/mol. The zero-order valence-corrected chi connectivity index (χ0v) is 14.6. The molecule has 2 aromatic rings. The van der Waals surface area contributed by atoms with Crippen molar-refractivity contribution in [3.8, 4) is 0 Å². The molecule has 1 atom stereocenters. The lowest BCUT2D eigenvalue weighted by Crippen LogP contribution is -2.42. The first-order valence-electron chi connectivity index (χ1n) is 8.38. The summed E-state index contributed by atoms with van der Waals surface area (Å²) in [5, 5.41) is 6.04. The van der Waals surface area contributed by atoms with Gasteiger partial charge in [-0.25, -0.2) is 9.37 Å². The van der Waals surface area contributed by atoms with Gasteiger partial charge < -0.3 is 10.2 Å². The van der Waals surface area contributed by atoms with Crippen molar-refractivity contribution in [1.82, 2.24) is 15.2 Å². The van der Waals surface area contributed by atoms with E-state index < -0.39 is 0 Å². The second-order valence-corrected chi connectivity index (χ2v) is 7.02. The van der Waals surface area contributed by atoms with E-state index in [1.807, 2.05) is 10.3 Å². The van der Waals surface area contributed by atoms with Gasteiger partial charge in [-0.1, -0.05) is 19.1 Å². The molecule has 1 aromatic heterocycles. The van der Waals surface area contributed by atoms with Gasteiger partial charge in [-0.2, -0.15) is 0 Å². The maximum Gasteiger partial charge on any atom is 0.273 e. The minimum Gasteiger partial charge on any atom is -0.333 e. The first-order valence-corrected chi connectivity index (χ1v) is 9.26. The fraction of sp³-hybridized carbons (Fsp3) is 0.444. The van der Waals surface area contributed by atoms with Gasteiger partial charge in [-0.05, 0) is 37.1 Å². The zero-order valence-electron chi connectivity index (χ0n) is 13.8. The Balaban J connectivity index is 1.70. The van der Waals surface area contributed by atoms with Crippen LogP contribution in [0.4, 0.5) is 4.39 Å². The third-order valence-electron chi connectivity index (χ3n) is 4.24. The monoisotopic (exact) mass is 347 g/mol. The maximum atomic E-state index is 13.0. The molecule has 3 rings (SSSR count). The molecule has 0 spiro atoms. The number of nitrogens with one attached hydrogen (secondary N) is 1. The number of hydrogen-bond acceptors (Lipinski definition) is 4. The molecule has 1 fully saturated rings. The zero-order chi connectivity index (χ0) is 16.9. The van der Waals surface area contributed by atoms with Crippen molar-refractivity contribution in [2.24, 2.45) is 0 Å². The molecule has 4 nitrogen and oxygen atoms in total. The highest BCUT2D eigenvalue weighted by Crippen LogP contribution is 2.19. The van der Waals surface area contributed by atoms with Gasteiger partial charge in [0.15, 0.2) is 0 Å². The maximum absolute atomic E-state index is 13.0. The first kappa shape index (κ1) is 17.0. The Morgan fingerprint density at radius 3 is 2.88 bits per heavy atom. The number of rotatable bonds is 6. The fourth-order valence-electron chi connectivity index (χ4n) is 3.01. The highest BCUT2D eigenvalue weighted by molar-refractivity contribution is 7.09. The third-order valence-corrected chi connectivity index (χ3v) is 5.09. The number of benzene rings is 1. The molecule has 1 aromatic carbocycles. The molecule has 1 unspecified atom stereocenters. The van der Waals surface area contributed by atoms with E-state index in [9.17, 15) is 9.18 Å². The van der Waals surface area contributed by atoms with Gasteiger partial charge in [0.2, 0.25) is 0 Å². The lowest BCUT2D eigenvalue weighted by Gasteiger charge is -2.27. The number of hydrogen-bond donors (Lipinski definition) is 1. The van der Waals surface area contributed by atoms with Crippen molar-refractivity contribution in [2.75, 3.05) is 19.6 Å². The molecule has 1 amide bonds. The number of carbonyl (C=O) groups excluding carboxylic acids is 1. The highest BCUT2D eigenvalue weighted by atomic mass is 32.1. The Hall–Kier alpha value is -1.79. The van der Waals surface area contributed by atoms with Gasteiger partial charge in [-0.15, -0.1) is 11.3 Å². The summed E-state index contributed by atoms with van der Waals surface area (Å²) in [6.45, 7) is 4.67. The fourth-order valence-corrected chi connectivity index (χ4v) is 3.81. The number of amides is 1. The molecule has 24 heavy (non-hydrogen) atoms. The summed E-state index contributed by atoms with van der Waals surface area (Å²) in [4.78, 5) is 19.3. The average Bonchev–Trinajstić information content (AvgIpc) is 3.26. The van der Waals surface area contributed by atoms with Crippen molar-refractivity contribution >= 4 is 17.2 Å². The number of carbonyl (C=O) groups is 1. The molecule has 1 saturated heterocycles. The molecule has 2 heterocycles.